The van der Waals surface area contributed by atoms with Crippen molar-refractivity contribution in [1.29, 1.82) is 0 Å². The molecule has 0 amide bonds. The van der Waals surface area contributed by atoms with Crippen LogP contribution in [0.3, 0.4) is 0 Å². The highest BCUT2D eigenvalue weighted by atomic mass is 79.9. The molecule has 0 aliphatic carbocycles. The van der Waals surface area contributed by atoms with Crippen LogP contribution in [0.25, 0.3) is 0 Å². The van der Waals surface area contributed by atoms with Crippen LogP contribution < -0.4 is 14.8 Å². The van der Waals surface area contributed by atoms with Crippen molar-refractivity contribution in [1.82, 2.24) is 0 Å². The van der Waals surface area contributed by atoms with Gasteiger partial charge in [-0.05, 0) is 64.8 Å². The molecular formula is C23H21BrClNO4. The summed E-state index contributed by atoms with van der Waals surface area (Å²) in [7, 11) is 0. The van der Waals surface area contributed by atoms with Gasteiger partial charge in [0.05, 0.1) is 16.6 Å². The van der Waals surface area contributed by atoms with Crippen LogP contribution in [-0.2, 0) is 13.2 Å². The molecule has 3 aromatic rings. The fourth-order valence-corrected chi connectivity index (χ4v) is 3.65. The van der Waals surface area contributed by atoms with Gasteiger partial charge in [-0.2, -0.15) is 0 Å². The lowest BCUT2D eigenvalue weighted by molar-refractivity contribution is 0.0697. The number of carboxylic acid groups (broad SMARTS) is 1. The number of rotatable bonds is 9. The summed E-state index contributed by atoms with van der Waals surface area (Å²) in [6.07, 6.45) is 0. The average molecular weight is 491 g/mol. The number of nitrogens with one attached hydrogen (secondary N) is 1. The topological polar surface area (TPSA) is 67.8 Å². The van der Waals surface area contributed by atoms with Crippen molar-refractivity contribution in [2.24, 2.45) is 0 Å². The first kappa shape index (κ1) is 22.0. The molecule has 0 heterocycles. The Kier molecular flexibility index (Phi) is 7.60. The third kappa shape index (κ3) is 5.68. The van der Waals surface area contributed by atoms with Crippen molar-refractivity contribution < 1.29 is 19.4 Å². The van der Waals surface area contributed by atoms with Gasteiger partial charge in [0.1, 0.15) is 6.61 Å². The largest absolute Gasteiger partial charge is 0.490 e. The van der Waals surface area contributed by atoms with Crippen LogP contribution >= 0.6 is 27.5 Å². The lowest BCUT2D eigenvalue weighted by Gasteiger charge is -2.16. The predicted octanol–water partition coefficient (Wildman–Crippen LogP) is 6.39. The van der Waals surface area contributed by atoms with Crippen molar-refractivity contribution in [3.05, 3.63) is 86.8 Å². The first-order valence-corrected chi connectivity index (χ1v) is 10.5. The van der Waals surface area contributed by atoms with Gasteiger partial charge >= 0.3 is 5.97 Å². The van der Waals surface area contributed by atoms with Gasteiger partial charge in [0, 0.05) is 22.8 Å². The smallest absolute Gasteiger partial charge is 0.335 e. The summed E-state index contributed by atoms with van der Waals surface area (Å²) >= 11 is 9.79. The summed E-state index contributed by atoms with van der Waals surface area (Å²) < 4.78 is 12.6. The van der Waals surface area contributed by atoms with Crippen LogP contribution in [0, 0.1) is 0 Å². The van der Waals surface area contributed by atoms with Crippen LogP contribution in [0.5, 0.6) is 11.5 Å². The molecule has 5 nitrogen and oxygen atoms in total. The molecular weight excluding hydrogens is 470 g/mol. The van der Waals surface area contributed by atoms with E-state index in [1.54, 1.807) is 18.2 Å². The Morgan fingerprint density at radius 1 is 1.10 bits per heavy atom. The summed E-state index contributed by atoms with van der Waals surface area (Å²) in [5.74, 6) is 0.267. The van der Waals surface area contributed by atoms with Gasteiger partial charge in [0.25, 0.3) is 0 Å². The van der Waals surface area contributed by atoms with E-state index < -0.39 is 5.97 Å². The van der Waals surface area contributed by atoms with Crippen LogP contribution in [0.2, 0.25) is 5.02 Å². The normalized spacial score (nSPS) is 10.5. The van der Waals surface area contributed by atoms with E-state index in [9.17, 15) is 4.79 Å². The van der Waals surface area contributed by atoms with Crippen molar-refractivity contribution in [3.8, 4) is 11.5 Å². The second-order valence-corrected chi connectivity index (χ2v) is 7.72. The highest BCUT2D eigenvalue weighted by molar-refractivity contribution is 9.10. The number of hydrogen-bond acceptors (Lipinski definition) is 4. The third-order valence-corrected chi connectivity index (χ3v) is 5.26. The number of carbonyl (C=O) groups is 1. The summed E-state index contributed by atoms with van der Waals surface area (Å²) in [5.41, 5.74) is 2.80. The van der Waals surface area contributed by atoms with Gasteiger partial charge < -0.3 is 19.9 Å². The summed E-state index contributed by atoms with van der Waals surface area (Å²) in [6, 6.07) is 18.1. The zero-order valence-corrected chi connectivity index (χ0v) is 18.7. The molecule has 0 fully saturated rings. The van der Waals surface area contributed by atoms with E-state index in [0.29, 0.717) is 36.3 Å². The van der Waals surface area contributed by atoms with Gasteiger partial charge in [-0.15, -0.1) is 0 Å². The fraction of sp³-hybridized carbons (Fsp3) is 0.174. The molecule has 0 radical (unpaired) electrons. The monoisotopic (exact) mass is 489 g/mol. The van der Waals surface area contributed by atoms with Crippen LogP contribution in [0.1, 0.15) is 28.4 Å². The second-order valence-electron chi connectivity index (χ2n) is 6.46. The van der Waals surface area contributed by atoms with Crippen molar-refractivity contribution in [2.45, 2.75) is 20.1 Å². The average Bonchev–Trinajstić information content (AvgIpc) is 2.73. The zero-order chi connectivity index (χ0) is 21.5. The van der Waals surface area contributed by atoms with E-state index in [4.69, 9.17) is 26.2 Å². The first-order chi connectivity index (χ1) is 14.5. The number of benzene rings is 3. The van der Waals surface area contributed by atoms with Gasteiger partial charge in [0.15, 0.2) is 11.5 Å². The Hall–Kier alpha value is -2.70. The Balaban J connectivity index is 1.76. The molecule has 30 heavy (non-hydrogen) atoms. The van der Waals surface area contributed by atoms with Crippen molar-refractivity contribution >= 4 is 39.2 Å². The number of carboxylic acids is 1. The predicted molar refractivity (Wildman–Crippen MR) is 122 cm³/mol. The molecule has 0 spiro atoms. The first-order valence-electron chi connectivity index (χ1n) is 9.36. The second kappa shape index (κ2) is 10.4. The third-order valence-electron chi connectivity index (χ3n) is 4.31. The fourth-order valence-electron chi connectivity index (χ4n) is 2.86. The van der Waals surface area contributed by atoms with Crippen LogP contribution in [0.4, 0.5) is 5.69 Å². The number of halogens is 2. The molecule has 156 valence electrons. The standard InChI is InChI=1S/C23H21BrClNO4/c1-2-29-21-11-15(13-26-18-8-5-7-16(12-18)23(27)28)10-19(24)22(21)30-14-17-6-3-4-9-20(17)25/h3-12,26H,2,13-14H2,1H3,(H,27,28). The summed E-state index contributed by atoms with van der Waals surface area (Å²) in [6.45, 7) is 3.21. The van der Waals surface area contributed by atoms with Gasteiger partial charge in [-0.3, -0.25) is 0 Å². The van der Waals surface area contributed by atoms with Crippen LogP contribution in [-0.4, -0.2) is 17.7 Å². The molecule has 3 aromatic carbocycles. The molecule has 0 unspecified atom stereocenters. The molecule has 3 rings (SSSR count). The Morgan fingerprint density at radius 2 is 1.90 bits per heavy atom. The minimum atomic E-state index is -0.958. The van der Waals surface area contributed by atoms with E-state index in [1.165, 1.54) is 0 Å². The Morgan fingerprint density at radius 3 is 2.63 bits per heavy atom. The molecule has 0 aromatic heterocycles. The summed E-state index contributed by atoms with van der Waals surface area (Å²) in [4.78, 5) is 11.1. The number of anilines is 1. The lowest BCUT2D eigenvalue weighted by atomic mass is 10.1. The maximum absolute atomic E-state index is 11.1. The lowest BCUT2D eigenvalue weighted by Crippen LogP contribution is -2.05. The van der Waals surface area contributed by atoms with Gasteiger partial charge in [-0.25, -0.2) is 4.79 Å². The van der Waals surface area contributed by atoms with E-state index in [2.05, 4.69) is 21.2 Å². The molecule has 0 saturated carbocycles. The van der Waals surface area contributed by atoms with E-state index in [0.717, 1.165) is 21.3 Å². The minimum Gasteiger partial charge on any atom is -0.490 e. The van der Waals surface area contributed by atoms with Gasteiger partial charge in [-0.1, -0.05) is 35.9 Å². The highest BCUT2D eigenvalue weighted by Gasteiger charge is 2.14. The summed E-state index contributed by atoms with van der Waals surface area (Å²) in [5, 5.41) is 13.0. The maximum Gasteiger partial charge on any atom is 0.335 e. The SMILES string of the molecule is CCOc1cc(CNc2cccc(C(=O)O)c2)cc(Br)c1OCc1ccccc1Cl. The Labute approximate surface area is 188 Å². The van der Waals surface area contributed by atoms with Gasteiger partial charge in [0.2, 0.25) is 0 Å². The molecule has 2 N–H and O–H groups in total. The number of hydrogen-bond donors (Lipinski definition) is 2. The molecule has 0 saturated heterocycles. The zero-order valence-electron chi connectivity index (χ0n) is 16.3. The number of ether oxygens (including phenoxy) is 2. The van der Waals surface area contributed by atoms with E-state index >= 15 is 0 Å². The van der Waals surface area contributed by atoms with Crippen LogP contribution in [0.15, 0.2) is 65.1 Å². The van der Waals surface area contributed by atoms with Crippen molar-refractivity contribution in [2.75, 3.05) is 11.9 Å². The quantitative estimate of drug-likeness (QED) is 0.364. The molecule has 0 atom stereocenters. The van der Waals surface area contributed by atoms with E-state index in [1.807, 2.05) is 49.4 Å². The molecule has 0 aliphatic heterocycles. The highest BCUT2D eigenvalue weighted by Crippen LogP contribution is 2.38. The molecule has 7 heteroatoms. The molecule has 0 bridgehead atoms. The molecule has 0 aliphatic rings. The Bertz CT molecular complexity index is 1040. The minimum absolute atomic E-state index is 0.236. The maximum atomic E-state index is 11.1. The van der Waals surface area contributed by atoms with E-state index in [-0.39, 0.29) is 5.56 Å². The number of aromatic carboxylic acids is 1. The van der Waals surface area contributed by atoms with Crippen molar-refractivity contribution in [3.63, 3.8) is 0 Å².